The number of aliphatic hydroxyl groups excluding tert-OH is 1. The maximum Gasteiger partial charge on any atom is 0.229 e. The van der Waals surface area contributed by atoms with Crippen LogP contribution in [0.3, 0.4) is 0 Å². The van der Waals surface area contributed by atoms with Crippen LogP contribution in [-0.4, -0.2) is 56.6 Å². The van der Waals surface area contributed by atoms with E-state index in [1.165, 1.54) is 6.39 Å². The second kappa shape index (κ2) is 9.19. The van der Waals surface area contributed by atoms with E-state index in [9.17, 15) is 9.90 Å². The van der Waals surface area contributed by atoms with E-state index in [0.717, 1.165) is 54.1 Å². The first-order valence-corrected chi connectivity index (χ1v) is 11.4. The summed E-state index contributed by atoms with van der Waals surface area (Å²) in [5.74, 6) is 2.11. The van der Waals surface area contributed by atoms with Gasteiger partial charge in [-0.05, 0) is 43.5 Å². The zero-order chi connectivity index (χ0) is 22.8. The Kier molecular flexibility index (Phi) is 5.95. The summed E-state index contributed by atoms with van der Waals surface area (Å²) >= 11 is 0. The van der Waals surface area contributed by atoms with Crippen molar-refractivity contribution in [2.75, 3.05) is 29.9 Å². The molecule has 0 radical (unpaired) electrons. The van der Waals surface area contributed by atoms with Gasteiger partial charge < -0.3 is 24.6 Å². The van der Waals surface area contributed by atoms with E-state index >= 15 is 0 Å². The van der Waals surface area contributed by atoms with E-state index in [0.29, 0.717) is 31.2 Å². The van der Waals surface area contributed by atoms with E-state index in [1.54, 1.807) is 13.1 Å². The van der Waals surface area contributed by atoms with Gasteiger partial charge in [-0.2, -0.15) is 4.98 Å². The van der Waals surface area contributed by atoms with Gasteiger partial charge in [-0.1, -0.05) is 0 Å². The maximum atomic E-state index is 12.0. The van der Waals surface area contributed by atoms with Crippen LogP contribution in [0.15, 0.2) is 41.3 Å². The van der Waals surface area contributed by atoms with Gasteiger partial charge in [-0.3, -0.25) is 4.79 Å². The fourth-order valence-electron chi connectivity index (χ4n) is 4.63. The number of carbonyl (C=O) groups excluding carboxylic acids is 1. The lowest BCUT2D eigenvalue weighted by Crippen LogP contribution is -2.44. The first-order valence-electron chi connectivity index (χ1n) is 11.4. The van der Waals surface area contributed by atoms with Crippen LogP contribution in [0.4, 0.5) is 17.5 Å². The molecule has 5 rings (SSSR count). The van der Waals surface area contributed by atoms with Gasteiger partial charge in [0.15, 0.2) is 12.2 Å². The highest BCUT2D eigenvalue weighted by atomic mass is 16.3. The number of hydrogen-bond acceptors (Lipinski definition) is 8. The summed E-state index contributed by atoms with van der Waals surface area (Å²) in [6.45, 7) is 3.66. The van der Waals surface area contributed by atoms with Crippen molar-refractivity contribution in [2.45, 2.75) is 45.2 Å². The summed E-state index contributed by atoms with van der Waals surface area (Å²) in [6.07, 6.45) is 6.85. The van der Waals surface area contributed by atoms with E-state index in [2.05, 4.69) is 15.2 Å². The predicted molar refractivity (Wildman–Crippen MR) is 124 cm³/mol. The number of aromatic nitrogens is 3. The molecule has 1 saturated heterocycles. The number of carbonyl (C=O) groups is 1. The molecule has 2 aliphatic rings. The molecule has 9 nitrogen and oxygen atoms in total. The molecule has 0 aliphatic carbocycles. The lowest BCUT2D eigenvalue weighted by molar-refractivity contribution is -0.129. The number of amides is 1. The molecule has 1 unspecified atom stereocenters. The number of benzene rings is 1. The molecule has 9 heteroatoms. The third kappa shape index (κ3) is 4.41. The lowest BCUT2D eigenvalue weighted by atomic mass is 10.00. The van der Waals surface area contributed by atoms with Gasteiger partial charge in [0.1, 0.15) is 5.82 Å². The molecule has 1 amide bonds. The van der Waals surface area contributed by atoms with Crippen LogP contribution in [0.5, 0.6) is 0 Å². The molecule has 172 valence electrons. The monoisotopic (exact) mass is 448 g/mol. The van der Waals surface area contributed by atoms with Crippen LogP contribution in [-0.2, 0) is 17.8 Å². The standard InChI is InChI=1S/C24H28N6O3/c1-16(32)29-11-9-21-20(13-29)23(30-10-3-2-4-19(30)14-31)28-24(27-21)26-18-7-5-17(6-8-18)22-12-25-15-33-22/h5-8,12,15,19,31H,2-4,9-11,13-14H2,1H3,(H,26,27,28). The summed E-state index contributed by atoms with van der Waals surface area (Å²) in [6, 6.07) is 7.85. The average Bonchev–Trinajstić information content (AvgIpc) is 3.39. The largest absolute Gasteiger partial charge is 0.444 e. The highest BCUT2D eigenvalue weighted by molar-refractivity contribution is 5.74. The van der Waals surface area contributed by atoms with Crippen molar-refractivity contribution in [3.8, 4) is 11.3 Å². The number of aliphatic hydroxyl groups is 1. The molecule has 1 fully saturated rings. The molecule has 0 bridgehead atoms. The van der Waals surface area contributed by atoms with Gasteiger partial charge in [-0.25, -0.2) is 9.97 Å². The number of hydrogen-bond donors (Lipinski definition) is 2. The number of piperidine rings is 1. The Hall–Kier alpha value is -3.46. The summed E-state index contributed by atoms with van der Waals surface area (Å²) in [4.78, 5) is 29.7. The van der Waals surface area contributed by atoms with Crippen molar-refractivity contribution < 1.29 is 14.3 Å². The minimum absolute atomic E-state index is 0.0273. The molecule has 0 spiro atoms. The van der Waals surface area contributed by atoms with Crippen molar-refractivity contribution in [1.29, 1.82) is 0 Å². The van der Waals surface area contributed by atoms with Crippen LogP contribution in [0.1, 0.15) is 37.4 Å². The predicted octanol–water partition coefficient (Wildman–Crippen LogP) is 3.13. The van der Waals surface area contributed by atoms with Gasteiger partial charge >= 0.3 is 0 Å². The van der Waals surface area contributed by atoms with Gasteiger partial charge in [0, 0.05) is 43.2 Å². The summed E-state index contributed by atoms with van der Waals surface area (Å²) < 4.78 is 5.36. The quantitative estimate of drug-likeness (QED) is 0.613. The van der Waals surface area contributed by atoms with Crippen molar-refractivity contribution in [3.63, 3.8) is 0 Å². The Morgan fingerprint density at radius 3 is 2.79 bits per heavy atom. The molecule has 0 saturated carbocycles. The lowest BCUT2D eigenvalue weighted by Gasteiger charge is -2.38. The van der Waals surface area contributed by atoms with Gasteiger partial charge in [0.2, 0.25) is 11.9 Å². The van der Waals surface area contributed by atoms with Gasteiger partial charge in [0.05, 0.1) is 31.1 Å². The molecule has 2 aliphatic heterocycles. The first kappa shape index (κ1) is 21.4. The average molecular weight is 449 g/mol. The molecular weight excluding hydrogens is 420 g/mol. The number of rotatable bonds is 5. The second-order valence-corrected chi connectivity index (χ2v) is 8.58. The fourth-order valence-corrected chi connectivity index (χ4v) is 4.63. The normalized spacial score (nSPS) is 18.2. The van der Waals surface area contributed by atoms with Crippen molar-refractivity contribution in [1.82, 2.24) is 19.9 Å². The van der Waals surface area contributed by atoms with E-state index < -0.39 is 0 Å². The molecule has 4 heterocycles. The van der Waals surface area contributed by atoms with Crippen LogP contribution in [0.25, 0.3) is 11.3 Å². The van der Waals surface area contributed by atoms with E-state index in [-0.39, 0.29) is 18.6 Å². The zero-order valence-corrected chi connectivity index (χ0v) is 18.7. The SMILES string of the molecule is CC(=O)N1CCc2nc(Nc3ccc(-c4cnco4)cc3)nc(N3CCCCC3CO)c2C1. The number of nitrogens with zero attached hydrogens (tertiary/aromatic N) is 5. The van der Waals surface area contributed by atoms with E-state index in [1.807, 2.05) is 29.2 Å². The Labute approximate surface area is 192 Å². The summed E-state index contributed by atoms with van der Waals surface area (Å²) in [7, 11) is 0. The van der Waals surface area contributed by atoms with Crippen molar-refractivity contribution in [2.24, 2.45) is 0 Å². The minimum Gasteiger partial charge on any atom is -0.444 e. The molecule has 1 aromatic carbocycles. The zero-order valence-electron chi connectivity index (χ0n) is 18.7. The van der Waals surface area contributed by atoms with E-state index in [4.69, 9.17) is 14.4 Å². The highest BCUT2D eigenvalue weighted by Crippen LogP contribution is 2.33. The molecule has 33 heavy (non-hydrogen) atoms. The molecule has 1 atom stereocenters. The Balaban J connectivity index is 1.47. The second-order valence-electron chi connectivity index (χ2n) is 8.58. The minimum atomic E-state index is 0.0273. The Morgan fingerprint density at radius 1 is 1.21 bits per heavy atom. The third-order valence-electron chi connectivity index (χ3n) is 6.45. The van der Waals surface area contributed by atoms with Crippen LogP contribution in [0.2, 0.25) is 0 Å². The number of anilines is 3. The number of fused-ring (bicyclic) bond motifs is 1. The van der Waals surface area contributed by atoms with Crippen molar-refractivity contribution in [3.05, 3.63) is 48.1 Å². The van der Waals surface area contributed by atoms with Crippen LogP contribution >= 0.6 is 0 Å². The molecule has 2 aromatic heterocycles. The highest BCUT2D eigenvalue weighted by Gasteiger charge is 2.30. The first-order chi connectivity index (χ1) is 16.1. The fraction of sp³-hybridized carbons (Fsp3) is 0.417. The molecule has 3 aromatic rings. The maximum absolute atomic E-state index is 12.0. The third-order valence-corrected chi connectivity index (χ3v) is 6.45. The van der Waals surface area contributed by atoms with Crippen LogP contribution < -0.4 is 10.2 Å². The topological polar surface area (TPSA) is 108 Å². The number of nitrogens with one attached hydrogen (secondary N) is 1. The Bertz CT molecular complexity index is 1120. The van der Waals surface area contributed by atoms with Gasteiger partial charge in [0.25, 0.3) is 0 Å². The molecular formula is C24H28N6O3. The van der Waals surface area contributed by atoms with Crippen molar-refractivity contribution >= 4 is 23.4 Å². The summed E-state index contributed by atoms with van der Waals surface area (Å²) in [5, 5.41) is 13.3. The molecule has 2 N–H and O–H groups in total. The van der Waals surface area contributed by atoms with Crippen LogP contribution in [0, 0.1) is 0 Å². The Morgan fingerprint density at radius 2 is 2.06 bits per heavy atom. The van der Waals surface area contributed by atoms with Gasteiger partial charge in [-0.15, -0.1) is 0 Å². The smallest absolute Gasteiger partial charge is 0.229 e. The number of oxazole rings is 1. The summed E-state index contributed by atoms with van der Waals surface area (Å²) in [5.41, 5.74) is 3.75.